The third-order valence-corrected chi connectivity index (χ3v) is 12.6. The number of aromatic nitrogens is 6. The molecule has 4 heterocycles. The molecule has 0 atom stereocenters. The van der Waals surface area contributed by atoms with E-state index in [9.17, 15) is 9.59 Å². The molecule has 2 amide bonds. The predicted molar refractivity (Wildman–Crippen MR) is 325 cm³/mol. The quantitative estimate of drug-likeness (QED) is 0.0643. The first kappa shape index (κ1) is 65.5. The van der Waals surface area contributed by atoms with Crippen molar-refractivity contribution in [3.05, 3.63) is 189 Å². The maximum absolute atomic E-state index is 13.6. The van der Waals surface area contributed by atoms with E-state index in [2.05, 4.69) is 111 Å². The number of anilines is 2. The van der Waals surface area contributed by atoms with Gasteiger partial charge < -0.3 is 31.6 Å². The molecule has 0 fully saturated rings. The smallest absolute Gasteiger partial charge is 0.280 e. The number of rotatable bonds is 18. The van der Waals surface area contributed by atoms with E-state index in [0.717, 1.165) is 91.3 Å². The van der Waals surface area contributed by atoms with Crippen LogP contribution in [0.4, 0.5) is 11.4 Å². The highest BCUT2D eigenvalue weighted by Crippen LogP contribution is 2.39. The van der Waals surface area contributed by atoms with Crippen LogP contribution < -0.4 is 31.6 Å². The normalized spacial score (nSPS) is 10.5. The van der Waals surface area contributed by atoms with Crippen LogP contribution >= 0.6 is 49.6 Å². The molecule has 18 heteroatoms. The lowest BCUT2D eigenvalue weighted by Gasteiger charge is -2.21. The molecule has 0 aliphatic heterocycles. The number of hydrogen-bond acceptors (Lipinski definition) is 10. The molecule has 6 N–H and O–H groups in total. The van der Waals surface area contributed by atoms with Gasteiger partial charge in [0, 0.05) is 35.6 Å². The van der Waals surface area contributed by atoms with Crippen molar-refractivity contribution >= 4 is 72.8 Å². The lowest BCUT2D eigenvalue weighted by Crippen LogP contribution is -2.19. The van der Waals surface area contributed by atoms with Gasteiger partial charge in [0.1, 0.15) is 0 Å². The Morgan fingerprint density at radius 3 is 1.15 bits per heavy atom. The third-order valence-electron chi connectivity index (χ3n) is 12.6. The van der Waals surface area contributed by atoms with Crippen molar-refractivity contribution in [1.82, 2.24) is 29.5 Å². The minimum atomic E-state index is -0.360. The lowest BCUT2D eigenvalue weighted by atomic mass is 9.92. The largest absolute Gasteiger partial charge is 0.493 e. The first-order chi connectivity index (χ1) is 35.6. The molecule has 0 unspecified atom stereocenters. The minimum Gasteiger partial charge on any atom is -0.493 e. The highest BCUT2D eigenvalue weighted by molar-refractivity contribution is 6.08. The maximum Gasteiger partial charge on any atom is 0.280 e. The lowest BCUT2D eigenvalue weighted by molar-refractivity contribution is 0.101. The standard InChI is InChI=1S/2C30H35N5O2.4ClH/c2*1-19(2)15-25-24(16-31)27(23-13-11-20(3)12-14-23)28(21(4)32-25)33-30(36)29-26(37-5)18-35(34-29)17-22-9-7-6-8-10-22;;;;/h2*6-14,18-19H,15-17,31H2,1-5H3,(H,33,36);4*1H. The molecular weight excluding hydrogens is 1070 g/mol. The average molecular weight is 1140 g/mol. The first-order valence-electron chi connectivity index (χ1n) is 25.1. The molecule has 78 heavy (non-hydrogen) atoms. The van der Waals surface area contributed by atoms with Gasteiger partial charge in [0.05, 0.1) is 62.5 Å². The molecule has 14 nitrogen and oxygen atoms in total. The van der Waals surface area contributed by atoms with Gasteiger partial charge in [-0.2, -0.15) is 10.2 Å². The molecule has 4 aromatic heterocycles. The van der Waals surface area contributed by atoms with Gasteiger partial charge in [-0.05, 0) is 85.8 Å². The number of pyridine rings is 2. The fourth-order valence-corrected chi connectivity index (χ4v) is 9.01. The summed E-state index contributed by atoms with van der Waals surface area (Å²) in [6, 6.07) is 36.4. The molecular formula is C60H74Cl4N10O4. The molecule has 4 aromatic carbocycles. The Morgan fingerprint density at radius 2 is 0.859 bits per heavy atom. The highest BCUT2D eigenvalue weighted by atomic mass is 35.5. The van der Waals surface area contributed by atoms with E-state index in [1.165, 1.54) is 0 Å². The van der Waals surface area contributed by atoms with Crippen LogP contribution in [0.1, 0.15) is 105 Å². The van der Waals surface area contributed by atoms with Gasteiger partial charge in [-0.25, -0.2) is 0 Å². The van der Waals surface area contributed by atoms with E-state index in [-0.39, 0.29) is 72.8 Å². The Kier molecular flexibility index (Phi) is 25.5. The van der Waals surface area contributed by atoms with Gasteiger partial charge in [-0.1, -0.05) is 148 Å². The first-order valence-corrected chi connectivity index (χ1v) is 25.1. The van der Waals surface area contributed by atoms with E-state index in [1.807, 2.05) is 74.5 Å². The molecule has 8 rings (SSSR count). The molecule has 0 aliphatic carbocycles. The Hall–Kier alpha value is -6.78. The number of carbonyl (C=O) groups is 2. The van der Waals surface area contributed by atoms with Crippen LogP contribution in [-0.4, -0.2) is 55.6 Å². The molecule has 0 radical (unpaired) electrons. The van der Waals surface area contributed by atoms with Crippen molar-refractivity contribution < 1.29 is 19.1 Å². The molecule has 416 valence electrons. The topological polar surface area (TPSA) is 190 Å². The second kappa shape index (κ2) is 30.4. The Balaban J connectivity index is 0.000000390. The van der Waals surface area contributed by atoms with E-state index in [4.69, 9.17) is 30.9 Å². The second-order valence-electron chi connectivity index (χ2n) is 19.4. The number of nitrogens with one attached hydrogen (secondary N) is 2. The van der Waals surface area contributed by atoms with E-state index >= 15 is 0 Å². The summed E-state index contributed by atoms with van der Waals surface area (Å²) in [6.45, 7) is 18.3. The molecule has 0 saturated heterocycles. The number of nitrogens with two attached hydrogens (primary N) is 2. The second-order valence-corrected chi connectivity index (χ2v) is 19.4. The van der Waals surface area contributed by atoms with Crippen molar-refractivity contribution in [3.8, 4) is 33.8 Å². The number of hydrogen-bond donors (Lipinski definition) is 4. The fraction of sp³-hybridized carbons (Fsp3) is 0.300. The number of methoxy groups -OCH3 is 2. The Bertz CT molecular complexity index is 2990. The summed E-state index contributed by atoms with van der Waals surface area (Å²) < 4.78 is 14.4. The van der Waals surface area contributed by atoms with Gasteiger partial charge >= 0.3 is 0 Å². The van der Waals surface area contributed by atoms with E-state index in [1.54, 1.807) is 36.0 Å². The maximum atomic E-state index is 13.6. The molecule has 0 saturated carbocycles. The van der Waals surface area contributed by atoms with Crippen LogP contribution in [0.15, 0.2) is 122 Å². The van der Waals surface area contributed by atoms with Crippen LogP contribution in [0.25, 0.3) is 22.3 Å². The average Bonchev–Trinajstić information content (AvgIpc) is 4.00. The summed E-state index contributed by atoms with van der Waals surface area (Å²) in [6.07, 6.45) is 5.09. The summed E-state index contributed by atoms with van der Waals surface area (Å²) in [5, 5.41) is 15.3. The Labute approximate surface area is 484 Å². The van der Waals surface area contributed by atoms with Crippen LogP contribution in [0.2, 0.25) is 0 Å². The molecule has 0 spiro atoms. The van der Waals surface area contributed by atoms with Crippen molar-refractivity contribution in [3.63, 3.8) is 0 Å². The molecule has 0 bridgehead atoms. The number of ether oxygens (including phenoxy) is 2. The summed E-state index contributed by atoms with van der Waals surface area (Å²) in [5.74, 6) is 0.934. The number of carbonyl (C=O) groups excluding carboxylic acids is 2. The van der Waals surface area contributed by atoms with Gasteiger partial charge in [0.2, 0.25) is 0 Å². The zero-order valence-corrected chi connectivity index (χ0v) is 49.3. The van der Waals surface area contributed by atoms with Crippen molar-refractivity contribution in [2.75, 3.05) is 24.9 Å². The monoisotopic (exact) mass is 1140 g/mol. The summed E-state index contributed by atoms with van der Waals surface area (Å²) in [4.78, 5) is 36.9. The molecule has 8 aromatic rings. The summed E-state index contributed by atoms with van der Waals surface area (Å²) in [7, 11) is 3.08. The van der Waals surface area contributed by atoms with Crippen molar-refractivity contribution in [2.45, 2.75) is 94.4 Å². The van der Waals surface area contributed by atoms with Crippen LogP contribution in [-0.2, 0) is 39.0 Å². The number of halogens is 4. The van der Waals surface area contributed by atoms with E-state index < -0.39 is 0 Å². The zero-order chi connectivity index (χ0) is 53.1. The van der Waals surface area contributed by atoms with Crippen LogP contribution in [0.5, 0.6) is 11.5 Å². The van der Waals surface area contributed by atoms with Crippen LogP contribution in [0.3, 0.4) is 0 Å². The van der Waals surface area contributed by atoms with Crippen molar-refractivity contribution in [1.29, 1.82) is 0 Å². The minimum absolute atomic E-state index is 0. The van der Waals surface area contributed by atoms with Gasteiger partial charge in [0.15, 0.2) is 22.9 Å². The number of amides is 2. The fourth-order valence-electron chi connectivity index (χ4n) is 9.01. The van der Waals surface area contributed by atoms with Crippen molar-refractivity contribution in [2.24, 2.45) is 23.3 Å². The third kappa shape index (κ3) is 16.2. The highest BCUT2D eigenvalue weighted by Gasteiger charge is 2.26. The van der Waals surface area contributed by atoms with Gasteiger partial charge in [-0.3, -0.25) is 28.9 Å². The van der Waals surface area contributed by atoms with Gasteiger partial charge in [0.25, 0.3) is 11.8 Å². The zero-order valence-electron chi connectivity index (χ0n) is 46.0. The number of benzene rings is 4. The van der Waals surface area contributed by atoms with Crippen LogP contribution in [0, 0.1) is 39.5 Å². The SMILES string of the molecule is COc1cn(Cc2ccccc2)nc1C(=O)Nc1c(C)nc(CC(C)C)c(CN)c1-c1ccc(C)cc1.COc1cn(Cc2ccccc2)nc1C(=O)Nc1c(C)nc(CC(C)C)c(CN)c1-c1ccc(C)cc1.Cl.Cl.Cl.Cl. The molecule has 0 aliphatic rings. The Morgan fingerprint density at radius 1 is 0.526 bits per heavy atom. The summed E-state index contributed by atoms with van der Waals surface area (Å²) >= 11 is 0. The predicted octanol–water partition coefficient (Wildman–Crippen LogP) is 12.7. The van der Waals surface area contributed by atoms with E-state index in [0.29, 0.717) is 60.9 Å². The van der Waals surface area contributed by atoms with Gasteiger partial charge in [-0.15, -0.1) is 49.6 Å². The number of aryl methyl sites for hydroxylation is 4. The summed E-state index contributed by atoms with van der Waals surface area (Å²) in [5.41, 5.74) is 27.8. The number of nitrogens with zero attached hydrogens (tertiary/aromatic N) is 6.